The molecule has 0 spiro atoms. The Morgan fingerprint density at radius 2 is 1.97 bits per heavy atom. The van der Waals surface area contributed by atoms with Crippen LogP contribution in [0, 0.1) is 10.1 Å². The zero-order valence-electron chi connectivity index (χ0n) is 19.2. The summed E-state index contributed by atoms with van der Waals surface area (Å²) in [5.74, 6) is -1.62. The molecule has 1 aliphatic heterocycles. The zero-order valence-corrected chi connectivity index (χ0v) is 19.9. The van der Waals surface area contributed by atoms with Gasteiger partial charge in [-0.25, -0.2) is 0 Å². The fourth-order valence-electron chi connectivity index (χ4n) is 3.90. The van der Waals surface area contributed by atoms with Gasteiger partial charge in [-0.1, -0.05) is 23.7 Å². The highest BCUT2D eigenvalue weighted by molar-refractivity contribution is 6.46. The van der Waals surface area contributed by atoms with E-state index in [2.05, 4.69) is 0 Å². The average molecular weight is 488 g/mol. The van der Waals surface area contributed by atoms with Gasteiger partial charge in [0.1, 0.15) is 11.5 Å². The molecule has 1 fully saturated rings. The number of benzene rings is 2. The van der Waals surface area contributed by atoms with Gasteiger partial charge >= 0.3 is 0 Å². The van der Waals surface area contributed by atoms with Gasteiger partial charge in [-0.15, -0.1) is 0 Å². The quantitative estimate of drug-likeness (QED) is 0.187. The normalized spacial score (nSPS) is 17.4. The van der Waals surface area contributed by atoms with Crippen molar-refractivity contribution in [2.45, 2.75) is 19.4 Å². The maximum absolute atomic E-state index is 13.1. The monoisotopic (exact) mass is 487 g/mol. The lowest BCUT2D eigenvalue weighted by Gasteiger charge is -2.25. The first-order chi connectivity index (χ1) is 16.1. The summed E-state index contributed by atoms with van der Waals surface area (Å²) >= 11 is 6.26. The van der Waals surface area contributed by atoms with E-state index in [9.17, 15) is 24.8 Å². The highest BCUT2D eigenvalue weighted by Gasteiger charge is 2.46. The van der Waals surface area contributed by atoms with Crippen molar-refractivity contribution in [1.29, 1.82) is 0 Å². The molecule has 2 aromatic rings. The van der Waals surface area contributed by atoms with Crippen molar-refractivity contribution in [3.63, 3.8) is 0 Å². The lowest BCUT2D eigenvalue weighted by atomic mass is 9.95. The molecule has 1 aliphatic rings. The van der Waals surface area contributed by atoms with Crippen molar-refractivity contribution in [2.75, 3.05) is 33.8 Å². The minimum Gasteiger partial charge on any atom is -0.507 e. The van der Waals surface area contributed by atoms with Crippen LogP contribution in [0.25, 0.3) is 5.76 Å². The van der Waals surface area contributed by atoms with Crippen molar-refractivity contribution in [3.8, 4) is 5.75 Å². The number of aliphatic hydroxyl groups is 1. The summed E-state index contributed by atoms with van der Waals surface area (Å²) < 4.78 is 5.41. The first-order valence-corrected chi connectivity index (χ1v) is 11.1. The van der Waals surface area contributed by atoms with Crippen molar-refractivity contribution in [2.24, 2.45) is 0 Å². The van der Waals surface area contributed by atoms with E-state index in [0.717, 1.165) is 0 Å². The predicted octanol–water partition coefficient (Wildman–Crippen LogP) is 4.02. The van der Waals surface area contributed by atoms with E-state index in [1.165, 1.54) is 35.2 Å². The molecule has 9 nitrogen and oxygen atoms in total. The molecule has 180 valence electrons. The van der Waals surface area contributed by atoms with Crippen LogP contribution in [0.4, 0.5) is 5.69 Å². The van der Waals surface area contributed by atoms with E-state index in [4.69, 9.17) is 16.3 Å². The number of Topliss-reactive ketones (excluding diaryl/α,β-unsaturated/α-hetero) is 1. The molecule has 0 aromatic heterocycles. The Balaban J connectivity index is 2.13. The Labute approximate surface area is 202 Å². The Morgan fingerprint density at radius 3 is 2.59 bits per heavy atom. The molecule has 1 amide bonds. The highest BCUT2D eigenvalue weighted by Crippen LogP contribution is 2.41. The fourth-order valence-corrected chi connectivity index (χ4v) is 4.13. The molecular weight excluding hydrogens is 462 g/mol. The number of aliphatic hydroxyl groups excluding tert-OH is 1. The van der Waals surface area contributed by atoms with Crippen LogP contribution in [-0.2, 0) is 9.59 Å². The number of likely N-dealkylation sites (tertiary alicyclic amines) is 1. The molecule has 0 radical (unpaired) electrons. The highest BCUT2D eigenvalue weighted by atomic mass is 35.5. The second kappa shape index (κ2) is 10.7. The Morgan fingerprint density at radius 1 is 1.24 bits per heavy atom. The summed E-state index contributed by atoms with van der Waals surface area (Å²) in [7, 11) is 3.78. The summed E-state index contributed by atoms with van der Waals surface area (Å²) in [6, 6.07) is 9.30. The van der Waals surface area contributed by atoms with Crippen molar-refractivity contribution >= 4 is 34.7 Å². The molecule has 10 heteroatoms. The molecule has 0 unspecified atom stereocenters. The standard InChI is InChI=1S/C24H26ClN3O6/c1-4-34-19-10-9-16(14-18(19)25)22(29)20-21(15-7-5-8-17(13-15)28(32)33)27(24(31)23(20)30)12-6-11-26(2)3/h5,7-10,13-14,21,29H,4,6,11-12H2,1-3H3/t21-/m1/s1. The lowest BCUT2D eigenvalue weighted by Crippen LogP contribution is -2.32. The number of nitro groups is 1. The molecule has 1 saturated heterocycles. The predicted molar refractivity (Wildman–Crippen MR) is 128 cm³/mol. The van der Waals surface area contributed by atoms with Gasteiger partial charge in [-0.05, 0) is 57.7 Å². The fraction of sp³-hybridized carbons (Fsp3) is 0.333. The molecule has 1 N–H and O–H groups in total. The number of halogens is 1. The number of hydrogen-bond acceptors (Lipinski definition) is 7. The first-order valence-electron chi connectivity index (χ1n) is 10.8. The van der Waals surface area contributed by atoms with Crippen LogP contribution in [0.15, 0.2) is 48.0 Å². The smallest absolute Gasteiger partial charge is 0.295 e. The average Bonchev–Trinajstić information content (AvgIpc) is 3.05. The summed E-state index contributed by atoms with van der Waals surface area (Å²) in [5, 5.41) is 22.7. The van der Waals surface area contributed by atoms with Gasteiger partial charge < -0.3 is 19.6 Å². The van der Waals surface area contributed by atoms with E-state index < -0.39 is 28.4 Å². The largest absolute Gasteiger partial charge is 0.507 e. The van der Waals surface area contributed by atoms with E-state index in [-0.39, 0.29) is 28.4 Å². The minimum atomic E-state index is -0.979. The number of nitro benzene ring substituents is 1. The number of carbonyl (C=O) groups excluding carboxylic acids is 2. The molecule has 0 aliphatic carbocycles. The van der Waals surface area contributed by atoms with E-state index in [1.54, 1.807) is 19.1 Å². The maximum Gasteiger partial charge on any atom is 0.295 e. The van der Waals surface area contributed by atoms with E-state index >= 15 is 0 Å². The number of carbonyl (C=O) groups is 2. The number of ketones is 1. The van der Waals surface area contributed by atoms with E-state index in [1.807, 2.05) is 19.0 Å². The summed E-state index contributed by atoms with van der Waals surface area (Å²) in [4.78, 5) is 40.1. The van der Waals surface area contributed by atoms with Crippen LogP contribution in [-0.4, -0.2) is 65.3 Å². The molecule has 3 rings (SSSR count). The van der Waals surface area contributed by atoms with E-state index in [0.29, 0.717) is 30.9 Å². The van der Waals surface area contributed by atoms with Crippen molar-refractivity contribution in [1.82, 2.24) is 9.80 Å². The molecule has 34 heavy (non-hydrogen) atoms. The first kappa shape index (κ1) is 25.2. The third kappa shape index (κ3) is 5.21. The van der Waals surface area contributed by atoms with Crippen LogP contribution in [0.1, 0.15) is 30.5 Å². The number of amides is 1. The van der Waals surface area contributed by atoms with Gasteiger partial charge in [-0.2, -0.15) is 0 Å². The van der Waals surface area contributed by atoms with Gasteiger partial charge in [0.05, 0.1) is 28.2 Å². The van der Waals surface area contributed by atoms with Gasteiger partial charge in [0.25, 0.3) is 17.4 Å². The molecule has 0 bridgehead atoms. The molecule has 2 aromatic carbocycles. The lowest BCUT2D eigenvalue weighted by molar-refractivity contribution is -0.384. The van der Waals surface area contributed by atoms with Gasteiger partial charge in [0, 0.05) is 24.2 Å². The maximum atomic E-state index is 13.1. The second-order valence-electron chi connectivity index (χ2n) is 8.08. The van der Waals surface area contributed by atoms with Gasteiger partial charge in [-0.3, -0.25) is 19.7 Å². The Hall–Kier alpha value is -3.43. The summed E-state index contributed by atoms with van der Waals surface area (Å²) in [6.45, 7) is 3.10. The van der Waals surface area contributed by atoms with Crippen molar-refractivity contribution < 1.29 is 24.4 Å². The number of hydrogen-bond donors (Lipinski definition) is 1. The molecular formula is C24H26ClN3O6. The Bertz CT molecular complexity index is 1150. The molecule has 0 saturated carbocycles. The second-order valence-corrected chi connectivity index (χ2v) is 8.49. The van der Waals surface area contributed by atoms with Gasteiger partial charge in [0.2, 0.25) is 0 Å². The van der Waals surface area contributed by atoms with Crippen molar-refractivity contribution in [3.05, 3.63) is 74.3 Å². The van der Waals surface area contributed by atoms with Crippen LogP contribution in [0.5, 0.6) is 5.75 Å². The molecule has 1 heterocycles. The van der Waals surface area contributed by atoms with Crippen LogP contribution in [0.3, 0.4) is 0 Å². The minimum absolute atomic E-state index is 0.143. The van der Waals surface area contributed by atoms with Crippen LogP contribution >= 0.6 is 11.6 Å². The van der Waals surface area contributed by atoms with Crippen LogP contribution in [0.2, 0.25) is 5.02 Å². The Kier molecular flexibility index (Phi) is 7.90. The number of non-ortho nitro benzene ring substituents is 1. The van der Waals surface area contributed by atoms with Crippen LogP contribution < -0.4 is 4.74 Å². The topological polar surface area (TPSA) is 113 Å². The number of ether oxygens (including phenoxy) is 1. The molecule has 1 atom stereocenters. The number of nitrogens with zero attached hydrogens (tertiary/aromatic N) is 3. The number of rotatable bonds is 9. The third-order valence-corrected chi connectivity index (χ3v) is 5.74. The SMILES string of the molecule is CCOc1ccc(C(O)=C2C(=O)C(=O)N(CCCN(C)C)[C@@H]2c2cccc([N+](=O)[O-])c2)cc1Cl. The summed E-state index contributed by atoms with van der Waals surface area (Å²) in [6.07, 6.45) is 0.570. The van der Waals surface area contributed by atoms with Gasteiger partial charge in [0.15, 0.2) is 0 Å². The summed E-state index contributed by atoms with van der Waals surface area (Å²) in [5.41, 5.74) is 0.267. The zero-order chi connectivity index (χ0) is 25.0. The third-order valence-electron chi connectivity index (χ3n) is 5.45.